The fraction of sp³-hybridized carbons (Fsp3) is 0.357. The highest BCUT2D eigenvalue weighted by Crippen LogP contribution is 2.20. The van der Waals surface area contributed by atoms with Crippen LogP contribution >= 0.6 is 11.6 Å². The summed E-state index contributed by atoms with van der Waals surface area (Å²) in [6.45, 7) is 1.29. The van der Waals surface area contributed by atoms with Crippen molar-refractivity contribution in [3.8, 4) is 5.69 Å². The molecule has 0 aliphatic carbocycles. The van der Waals surface area contributed by atoms with Gasteiger partial charge in [-0.15, -0.1) is 5.10 Å². The average Bonchev–Trinajstić information content (AvgIpc) is 3.09. The zero-order valence-corrected chi connectivity index (χ0v) is 12.1. The van der Waals surface area contributed by atoms with E-state index in [0.717, 1.165) is 24.3 Å². The normalized spacial score (nSPS) is 19.0. The Morgan fingerprint density at radius 1 is 1.38 bits per heavy atom. The summed E-state index contributed by atoms with van der Waals surface area (Å²) in [5.74, 6) is -0.766. The van der Waals surface area contributed by atoms with Crippen molar-refractivity contribution in [2.75, 3.05) is 6.54 Å². The molecule has 6 nitrogen and oxygen atoms in total. The lowest BCUT2D eigenvalue weighted by Crippen LogP contribution is -2.35. The van der Waals surface area contributed by atoms with Crippen LogP contribution in [0.3, 0.4) is 0 Å². The molecule has 0 bridgehead atoms. The van der Waals surface area contributed by atoms with Gasteiger partial charge >= 0.3 is 5.97 Å². The van der Waals surface area contributed by atoms with Gasteiger partial charge in [0.25, 0.3) is 0 Å². The van der Waals surface area contributed by atoms with Crippen LogP contribution in [-0.4, -0.2) is 43.6 Å². The van der Waals surface area contributed by atoms with Gasteiger partial charge in [0.1, 0.15) is 6.04 Å². The number of likely N-dealkylation sites (tertiary alicyclic amines) is 1. The van der Waals surface area contributed by atoms with Crippen LogP contribution in [0, 0.1) is 0 Å². The zero-order valence-electron chi connectivity index (χ0n) is 11.3. The first kappa shape index (κ1) is 14.0. The van der Waals surface area contributed by atoms with Crippen molar-refractivity contribution in [1.29, 1.82) is 0 Å². The van der Waals surface area contributed by atoms with Gasteiger partial charge in [-0.2, -0.15) is 0 Å². The maximum atomic E-state index is 11.2. The number of halogens is 1. The summed E-state index contributed by atoms with van der Waals surface area (Å²) in [4.78, 5) is 13.1. The summed E-state index contributed by atoms with van der Waals surface area (Å²) in [7, 11) is 0. The molecule has 1 aromatic carbocycles. The minimum absolute atomic E-state index is 0.411. The van der Waals surface area contributed by atoms with E-state index in [2.05, 4.69) is 10.3 Å². The van der Waals surface area contributed by atoms with Crippen LogP contribution in [0.15, 0.2) is 30.5 Å². The third-order valence-corrected chi connectivity index (χ3v) is 3.90. The summed E-state index contributed by atoms with van der Waals surface area (Å²) in [6.07, 6.45) is 3.42. The Bertz CT molecular complexity index is 641. The van der Waals surface area contributed by atoms with Gasteiger partial charge in [0.05, 0.1) is 17.6 Å². The third-order valence-electron chi connectivity index (χ3n) is 3.65. The summed E-state index contributed by atoms with van der Waals surface area (Å²) < 4.78 is 1.66. The van der Waals surface area contributed by atoms with Crippen LogP contribution in [0.2, 0.25) is 5.02 Å². The molecule has 2 heterocycles. The Hall–Kier alpha value is -1.92. The van der Waals surface area contributed by atoms with Crippen LogP contribution in [0.4, 0.5) is 0 Å². The fourth-order valence-electron chi connectivity index (χ4n) is 2.59. The molecular formula is C14H15ClN4O2. The Balaban J connectivity index is 1.73. The standard InChI is InChI=1S/C14H15ClN4O2/c15-10-3-5-12(6-4-10)19-9-11(16-17-19)8-18-7-1-2-13(18)14(20)21/h3-6,9,13H,1-2,7-8H2,(H,20,21)/t13-/m0/s1. The minimum Gasteiger partial charge on any atom is -0.480 e. The second-order valence-corrected chi connectivity index (χ2v) is 5.53. The van der Waals surface area contributed by atoms with Crippen molar-refractivity contribution in [1.82, 2.24) is 19.9 Å². The predicted octanol–water partition coefficient (Wildman–Crippen LogP) is 1.97. The SMILES string of the molecule is O=C(O)[C@@H]1CCCN1Cc1cn(-c2ccc(Cl)cc2)nn1. The molecule has 3 rings (SSSR count). The molecule has 1 fully saturated rings. The molecule has 1 aliphatic heterocycles. The van der Waals surface area contributed by atoms with Crippen molar-refractivity contribution >= 4 is 17.6 Å². The van der Waals surface area contributed by atoms with Crippen LogP contribution in [-0.2, 0) is 11.3 Å². The average molecular weight is 307 g/mol. The maximum Gasteiger partial charge on any atom is 0.320 e. The number of nitrogens with zero attached hydrogens (tertiary/aromatic N) is 4. The fourth-order valence-corrected chi connectivity index (χ4v) is 2.72. The molecule has 1 N–H and O–H groups in total. The number of rotatable bonds is 4. The van der Waals surface area contributed by atoms with Gasteiger partial charge < -0.3 is 5.11 Å². The van der Waals surface area contributed by atoms with Crippen LogP contribution in [0.5, 0.6) is 0 Å². The Labute approximate surface area is 126 Å². The highest BCUT2D eigenvalue weighted by Gasteiger charge is 2.30. The van der Waals surface area contributed by atoms with Gasteiger partial charge in [-0.1, -0.05) is 16.8 Å². The third kappa shape index (κ3) is 3.06. The summed E-state index contributed by atoms with van der Waals surface area (Å²) >= 11 is 5.86. The summed E-state index contributed by atoms with van der Waals surface area (Å²) in [6, 6.07) is 6.89. The molecular weight excluding hydrogens is 292 g/mol. The van der Waals surface area contributed by atoms with Gasteiger partial charge in [-0.25, -0.2) is 4.68 Å². The van der Waals surface area contributed by atoms with Gasteiger partial charge in [-0.05, 0) is 43.7 Å². The van der Waals surface area contributed by atoms with Crippen molar-refractivity contribution in [3.05, 3.63) is 41.2 Å². The minimum atomic E-state index is -0.766. The summed E-state index contributed by atoms with van der Waals surface area (Å²) in [5.41, 5.74) is 1.63. The summed E-state index contributed by atoms with van der Waals surface area (Å²) in [5, 5.41) is 18.0. The van der Waals surface area contributed by atoms with E-state index in [9.17, 15) is 9.90 Å². The van der Waals surface area contributed by atoms with E-state index < -0.39 is 12.0 Å². The second-order valence-electron chi connectivity index (χ2n) is 5.10. The molecule has 110 valence electrons. The molecule has 1 aliphatic rings. The number of benzene rings is 1. The molecule has 0 saturated carbocycles. The lowest BCUT2D eigenvalue weighted by molar-refractivity contribution is -0.142. The van der Waals surface area contributed by atoms with E-state index in [4.69, 9.17) is 11.6 Å². The zero-order chi connectivity index (χ0) is 14.8. The van der Waals surface area contributed by atoms with Crippen LogP contribution < -0.4 is 0 Å². The molecule has 0 amide bonds. The predicted molar refractivity (Wildman–Crippen MR) is 77.4 cm³/mol. The molecule has 0 radical (unpaired) electrons. The van der Waals surface area contributed by atoms with Crippen LogP contribution in [0.25, 0.3) is 5.69 Å². The van der Waals surface area contributed by atoms with Gasteiger partial charge in [0.2, 0.25) is 0 Å². The number of hydrogen-bond donors (Lipinski definition) is 1. The maximum absolute atomic E-state index is 11.2. The smallest absolute Gasteiger partial charge is 0.320 e. The topological polar surface area (TPSA) is 71.2 Å². The van der Waals surface area contributed by atoms with E-state index in [1.807, 2.05) is 23.2 Å². The monoisotopic (exact) mass is 306 g/mol. The Morgan fingerprint density at radius 3 is 2.86 bits per heavy atom. The molecule has 0 spiro atoms. The molecule has 1 saturated heterocycles. The van der Waals surface area contributed by atoms with Crippen LogP contribution in [0.1, 0.15) is 18.5 Å². The van der Waals surface area contributed by atoms with E-state index >= 15 is 0 Å². The van der Waals surface area contributed by atoms with Gasteiger partial charge in [-0.3, -0.25) is 9.69 Å². The highest BCUT2D eigenvalue weighted by molar-refractivity contribution is 6.30. The van der Waals surface area contributed by atoms with E-state index in [-0.39, 0.29) is 0 Å². The molecule has 21 heavy (non-hydrogen) atoms. The van der Waals surface area contributed by atoms with E-state index in [0.29, 0.717) is 18.0 Å². The molecule has 1 aromatic heterocycles. The lowest BCUT2D eigenvalue weighted by Gasteiger charge is -2.19. The number of hydrogen-bond acceptors (Lipinski definition) is 4. The quantitative estimate of drug-likeness (QED) is 0.935. The lowest BCUT2D eigenvalue weighted by atomic mass is 10.2. The first-order chi connectivity index (χ1) is 10.1. The van der Waals surface area contributed by atoms with Gasteiger partial charge in [0.15, 0.2) is 0 Å². The number of carboxylic acid groups (broad SMARTS) is 1. The largest absolute Gasteiger partial charge is 0.480 e. The Morgan fingerprint density at radius 2 is 2.14 bits per heavy atom. The van der Waals surface area contributed by atoms with E-state index in [1.165, 1.54) is 0 Å². The number of carbonyl (C=O) groups is 1. The Kier molecular flexibility index (Phi) is 3.90. The van der Waals surface area contributed by atoms with Crippen molar-refractivity contribution < 1.29 is 9.90 Å². The second kappa shape index (κ2) is 5.83. The number of aromatic nitrogens is 3. The number of aliphatic carboxylic acids is 1. The first-order valence-corrected chi connectivity index (χ1v) is 7.15. The highest BCUT2D eigenvalue weighted by atomic mass is 35.5. The molecule has 2 aromatic rings. The van der Waals surface area contributed by atoms with Crippen molar-refractivity contribution in [2.45, 2.75) is 25.4 Å². The first-order valence-electron chi connectivity index (χ1n) is 6.77. The van der Waals surface area contributed by atoms with E-state index in [1.54, 1.807) is 16.8 Å². The number of carboxylic acids is 1. The molecule has 7 heteroatoms. The molecule has 0 unspecified atom stereocenters. The van der Waals surface area contributed by atoms with Crippen molar-refractivity contribution in [2.24, 2.45) is 0 Å². The van der Waals surface area contributed by atoms with Gasteiger partial charge in [0, 0.05) is 11.6 Å². The molecule has 1 atom stereocenters. The van der Waals surface area contributed by atoms with Crippen molar-refractivity contribution in [3.63, 3.8) is 0 Å².